The van der Waals surface area contributed by atoms with Gasteiger partial charge >= 0.3 is 5.97 Å². The van der Waals surface area contributed by atoms with Gasteiger partial charge in [-0.05, 0) is 56.1 Å². The van der Waals surface area contributed by atoms with Crippen molar-refractivity contribution in [1.82, 2.24) is 0 Å². The number of carboxylic acids is 1. The molecule has 3 nitrogen and oxygen atoms in total. The second kappa shape index (κ2) is 6.89. The van der Waals surface area contributed by atoms with Gasteiger partial charge in [-0.15, -0.1) is 0 Å². The Labute approximate surface area is 145 Å². The topological polar surface area (TPSA) is 46.5 Å². The molecule has 1 N–H and O–H groups in total. The second-order valence-corrected chi connectivity index (χ2v) is 6.72. The van der Waals surface area contributed by atoms with Crippen LogP contribution in [0, 0.1) is 5.82 Å². The van der Waals surface area contributed by atoms with Crippen molar-refractivity contribution in [1.29, 1.82) is 0 Å². The lowest BCUT2D eigenvalue weighted by atomic mass is 10.2. The van der Waals surface area contributed by atoms with Crippen LogP contribution in [0.25, 0.3) is 0 Å². The van der Waals surface area contributed by atoms with Crippen molar-refractivity contribution in [2.75, 3.05) is 0 Å². The average molecular weight is 483 g/mol. The highest BCUT2D eigenvalue weighted by Crippen LogP contribution is 2.35. The molecule has 0 amide bonds. The van der Waals surface area contributed by atoms with Gasteiger partial charge in [-0.1, -0.05) is 22.0 Å². The van der Waals surface area contributed by atoms with Gasteiger partial charge in [0.15, 0.2) is 0 Å². The van der Waals surface area contributed by atoms with Gasteiger partial charge in [-0.3, -0.25) is 0 Å². The molecule has 2 rings (SSSR count). The number of carboxylic acid groups (broad SMARTS) is 1. The molecule has 0 fully saturated rings. The van der Waals surface area contributed by atoms with Crippen LogP contribution in [0.3, 0.4) is 0 Å². The molecule has 21 heavy (non-hydrogen) atoms. The first-order chi connectivity index (χ1) is 9.88. The van der Waals surface area contributed by atoms with Crippen LogP contribution >= 0.6 is 47.8 Å². The van der Waals surface area contributed by atoms with E-state index >= 15 is 0 Å². The van der Waals surface area contributed by atoms with Crippen LogP contribution in [-0.2, 0) is 6.61 Å². The summed E-state index contributed by atoms with van der Waals surface area (Å²) in [5.74, 6) is -0.997. The zero-order valence-electron chi connectivity index (χ0n) is 10.4. The van der Waals surface area contributed by atoms with E-state index in [2.05, 4.69) is 47.8 Å². The Kier molecular flexibility index (Phi) is 5.40. The maximum Gasteiger partial charge on any atom is 0.335 e. The van der Waals surface area contributed by atoms with E-state index in [1.165, 1.54) is 18.2 Å². The fraction of sp³-hybridized carbons (Fsp3) is 0.0714. The molecule has 0 aliphatic carbocycles. The SMILES string of the molecule is O=C(O)c1cc(Br)c(OCc2ccc(Br)cc2F)c(Br)c1. The molecule has 2 aromatic carbocycles. The molecule has 0 atom stereocenters. The smallest absolute Gasteiger partial charge is 0.335 e. The maximum absolute atomic E-state index is 13.7. The van der Waals surface area contributed by atoms with E-state index in [1.54, 1.807) is 12.1 Å². The molecule has 0 aromatic heterocycles. The van der Waals surface area contributed by atoms with E-state index in [9.17, 15) is 9.18 Å². The van der Waals surface area contributed by atoms with E-state index in [-0.39, 0.29) is 18.0 Å². The summed E-state index contributed by atoms with van der Waals surface area (Å²) in [5, 5.41) is 8.96. The Balaban J connectivity index is 2.22. The number of ether oxygens (including phenoxy) is 1. The Morgan fingerprint density at radius 1 is 1.14 bits per heavy atom. The van der Waals surface area contributed by atoms with Crippen molar-refractivity contribution in [2.24, 2.45) is 0 Å². The summed E-state index contributed by atoms with van der Waals surface area (Å²) in [6.07, 6.45) is 0. The van der Waals surface area contributed by atoms with E-state index in [1.807, 2.05) is 0 Å². The number of carbonyl (C=O) groups is 1. The molecule has 0 aliphatic heterocycles. The van der Waals surface area contributed by atoms with Crippen molar-refractivity contribution in [2.45, 2.75) is 6.61 Å². The highest BCUT2D eigenvalue weighted by Gasteiger charge is 2.13. The molecule has 0 spiro atoms. The summed E-state index contributed by atoms with van der Waals surface area (Å²) >= 11 is 9.69. The zero-order valence-corrected chi connectivity index (χ0v) is 15.1. The maximum atomic E-state index is 13.7. The van der Waals surface area contributed by atoms with Crippen LogP contribution in [0.5, 0.6) is 5.75 Å². The quantitative estimate of drug-likeness (QED) is 0.635. The van der Waals surface area contributed by atoms with Gasteiger partial charge in [-0.2, -0.15) is 0 Å². The summed E-state index contributed by atoms with van der Waals surface area (Å²) in [7, 11) is 0. The standard InChI is InChI=1S/C14H8Br3FO3/c15-9-2-1-7(12(18)5-9)6-21-13-10(16)3-8(14(19)20)4-11(13)17/h1-5H,6H2,(H,19,20). The molecule has 0 unspecified atom stereocenters. The lowest BCUT2D eigenvalue weighted by Crippen LogP contribution is -2.02. The average Bonchev–Trinajstić information content (AvgIpc) is 2.39. The van der Waals surface area contributed by atoms with Crippen LogP contribution in [0.15, 0.2) is 43.7 Å². The predicted octanol–water partition coefficient (Wildman–Crippen LogP) is 5.39. The molecule has 0 saturated carbocycles. The summed E-state index contributed by atoms with van der Waals surface area (Å²) in [6.45, 7) is 0.0305. The number of benzene rings is 2. The second-order valence-electron chi connectivity index (χ2n) is 4.10. The fourth-order valence-corrected chi connectivity index (χ4v) is 3.36. The van der Waals surface area contributed by atoms with Crippen molar-refractivity contribution in [3.05, 3.63) is 60.7 Å². The minimum Gasteiger partial charge on any atom is -0.486 e. The minimum absolute atomic E-state index is 0.0305. The molecule has 0 heterocycles. The van der Waals surface area contributed by atoms with Crippen LogP contribution in [-0.4, -0.2) is 11.1 Å². The van der Waals surface area contributed by atoms with Gasteiger partial charge in [0.25, 0.3) is 0 Å². The first kappa shape index (κ1) is 16.5. The molecule has 0 saturated heterocycles. The van der Waals surface area contributed by atoms with Crippen molar-refractivity contribution >= 4 is 53.8 Å². The zero-order chi connectivity index (χ0) is 15.6. The monoisotopic (exact) mass is 480 g/mol. The Morgan fingerprint density at radius 3 is 2.29 bits per heavy atom. The van der Waals surface area contributed by atoms with E-state index in [0.717, 1.165) is 0 Å². The molecular formula is C14H8Br3FO3. The van der Waals surface area contributed by atoms with Crippen molar-refractivity contribution in [3.63, 3.8) is 0 Å². The Morgan fingerprint density at radius 2 is 1.76 bits per heavy atom. The van der Waals surface area contributed by atoms with Gasteiger partial charge in [0.05, 0.1) is 14.5 Å². The lowest BCUT2D eigenvalue weighted by Gasteiger charge is -2.12. The van der Waals surface area contributed by atoms with Gasteiger partial charge in [0.1, 0.15) is 18.2 Å². The molecule has 0 bridgehead atoms. The van der Waals surface area contributed by atoms with Crippen LogP contribution < -0.4 is 4.74 Å². The van der Waals surface area contributed by atoms with Gasteiger partial charge in [0.2, 0.25) is 0 Å². The third kappa shape index (κ3) is 4.05. The number of halogens is 4. The molecule has 0 aliphatic rings. The van der Waals surface area contributed by atoms with E-state index in [4.69, 9.17) is 9.84 Å². The van der Waals surface area contributed by atoms with E-state index < -0.39 is 5.97 Å². The summed E-state index contributed by atoms with van der Waals surface area (Å²) in [6, 6.07) is 7.56. The van der Waals surface area contributed by atoms with Crippen LogP contribution in [0.4, 0.5) is 4.39 Å². The lowest BCUT2D eigenvalue weighted by molar-refractivity contribution is 0.0696. The summed E-state index contributed by atoms with van der Waals surface area (Å²) < 4.78 is 20.9. The first-order valence-electron chi connectivity index (χ1n) is 5.67. The predicted molar refractivity (Wildman–Crippen MR) is 87.2 cm³/mol. The first-order valence-corrected chi connectivity index (χ1v) is 8.05. The molecule has 110 valence electrons. The molecule has 2 aromatic rings. The Bertz CT molecular complexity index is 681. The number of hydrogen-bond donors (Lipinski definition) is 1. The summed E-state index contributed by atoms with van der Waals surface area (Å²) in [5.41, 5.74) is 0.523. The highest BCUT2D eigenvalue weighted by atomic mass is 79.9. The van der Waals surface area contributed by atoms with Crippen LogP contribution in [0.2, 0.25) is 0 Å². The molecular weight excluding hydrogens is 475 g/mol. The normalized spacial score (nSPS) is 10.5. The van der Waals surface area contributed by atoms with Gasteiger partial charge in [-0.25, -0.2) is 9.18 Å². The fourth-order valence-electron chi connectivity index (χ4n) is 1.61. The highest BCUT2D eigenvalue weighted by molar-refractivity contribution is 9.11. The van der Waals surface area contributed by atoms with Crippen molar-refractivity contribution < 1.29 is 19.0 Å². The largest absolute Gasteiger partial charge is 0.486 e. The van der Waals surface area contributed by atoms with E-state index in [0.29, 0.717) is 24.7 Å². The number of hydrogen-bond acceptors (Lipinski definition) is 2. The molecule has 7 heteroatoms. The van der Waals surface area contributed by atoms with Crippen molar-refractivity contribution in [3.8, 4) is 5.75 Å². The summed E-state index contributed by atoms with van der Waals surface area (Å²) in [4.78, 5) is 10.9. The van der Waals surface area contributed by atoms with Gasteiger partial charge in [0, 0.05) is 10.0 Å². The third-order valence-electron chi connectivity index (χ3n) is 2.63. The molecule has 0 radical (unpaired) electrons. The van der Waals surface area contributed by atoms with Gasteiger partial charge < -0.3 is 9.84 Å². The third-order valence-corrected chi connectivity index (χ3v) is 4.30. The Hall–Kier alpha value is -0.920. The minimum atomic E-state index is -1.04. The van der Waals surface area contributed by atoms with Crippen LogP contribution in [0.1, 0.15) is 15.9 Å². The number of aromatic carboxylic acids is 1. The number of rotatable bonds is 4.